The Labute approximate surface area is 201 Å². The second-order valence-corrected chi connectivity index (χ2v) is 10.3. The second kappa shape index (κ2) is 13.4. The first-order chi connectivity index (χ1) is 15.7. The molecule has 33 heavy (non-hydrogen) atoms. The van der Waals surface area contributed by atoms with Crippen molar-refractivity contribution in [3.8, 4) is 0 Å². The lowest BCUT2D eigenvalue weighted by Crippen LogP contribution is -2.30. The van der Waals surface area contributed by atoms with Gasteiger partial charge in [-0.15, -0.1) is 0 Å². The fraction of sp³-hybridized carbons (Fsp3) is 0.391. The molecule has 180 valence electrons. The molecule has 0 aliphatic carbocycles. The van der Waals surface area contributed by atoms with Gasteiger partial charge in [0.25, 0.3) is 5.91 Å². The molecule has 2 rings (SSSR count). The van der Waals surface area contributed by atoms with E-state index in [2.05, 4.69) is 23.6 Å². The lowest BCUT2D eigenvalue weighted by Gasteiger charge is -2.12. The minimum absolute atomic E-state index is 0.00133. The van der Waals surface area contributed by atoms with Crippen molar-refractivity contribution in [2.24, 2.45) is 5.16 Å². The van der Waals surface area contributed by atoms with Crippen molar-refractivity contribution in [1.29, 1.82) is 0 Å². The molecular formula is C23H30FN3O4S2. The van der Waals surface area contributed by atoms with E-state index in [-0.39, 0.29) is 16.8 Å². The first-order valence-corrected chi connectivity index (χ1v) is 12.4. The fourth-order valence-corrected chi connectivity index (χ4v) is 4.49. The molecule has 0 radical (unpaired) electrons. The van der Waals surface area contributed by atoms with Crippen molar-refractivity contribution < 1.29 is 23.0 Å². The van der Waals surface area contributed by atoms with Gasteiger partial charge in [0.2, 0.25) is 0 Å². The minimum atomic E-state index is -1.17. The number of hydrogen-bond donors (Lipinski definition) is 1. The summed E-state index contributed by atoms with van der Waals surface area (Å²) in [4.78, 5) is 21.0. The van der Waals surface area contributed by atoms with E-state index in [9.17, 15) is 13.4 Å². The Hall–Kier alpha value is -2.27. The van der Waals surface area contributed by atoms with Crippen molar-refractivity contribution in [3.05, 3.63) is 64.8 Å². The van der Waals surface area contributed by atoms with Crippen molar-refractivity contribution in [3.63, 3.8) is 0 Å². The van der Waals surface area contributed by atoms with Crippen LogP contribution in [0, 0.1) is 0 Å². The normalized spacial score (nSPS) is 17.7. The Morgan fingerprint density at radius 3 is 2.67 bits per heavy atom. The largest absolute Gasteiger partial charge is 0.389 e. The average molecular weight is 496 g/mol. The molecule has 1 saturated heterocycles. The van der Waals surface area contributed by atoms with Gasteiger partial charge in [-0.1, -0.05) is 36.0 Å². The maximum Gasteiger partial charge on any atom is 0.278 e. The highest BCUT2D eigenvalue weighted by atomic mass is 32.2. The van der Waals surface area contributed by atoms with Crippen LogP contribution >= 0.6 is 11.8 Å². The number of amides is 1. The van der Waals surface area contributed by atoms with Gasteiger partial charge in [0.05, 0.1) is 29.0 Å². The Morgan fingerprint density at radius 1 is 1.39 bits per heavy atom. The first-order valence-electron chi connectivity index (χ1n) is 10.3. The van der Waals surface area contributed by atoms with Crippen LogP contribution in [-0.4, -0.2) is 66.4 Å². The standard InChI is InChI=1S/C23H30FN3O4S2/c1-16(2)14-21(24)32-17(3)25-23(28)22(26-31-19-10-12-30-15-19)18-6-8-20(9-7-18)33(29)13-11-27(4)5/h6-9,14,19H,1,3,10-13,15H2,2,4-5H3,(H,25,28)/b21-14-,26-22+/t19-,33?/m1/s1. The highest BCUT2D eigenvalue weighted by Crippen LogP contribution is 2.24. The summed E-state index contributed by atoms with van der Waals surface area (Å²) in [5.41, 5.74) is 1.01. The predicted molar refractivity (Wildman–Crippen MR) is 132 cm³/mol. The number of hydrogen-bond acceptors (Lipinski definition) is 7. The smallest absolute Gasteiger partial charge is 0.278 e. The summed E-state index contributed by atoms with van der Waals surface area (Å²) in [7, 11) is 2.68. The molecule has 1 aliphatic heterocycles. The third-order valence-corrected chi connectivity index (χ3v) is 6.36. The molecule has 0 bridgehead atoms. The summed E-state index contributed by atoms with van der Waals surface area (Å²) in [6.45, 7) is 10.6. The van der Waals surface area contributed by atoms with Crippen molar-refractivity contribution in [2.45, 2.75) is 24.3 Å². The first kappa shape index (κ1) is 27.0. The van der Waals surface area contributed by atoms with Crippen LogP contribution in [0.4, 0.5) is 4.39 Å². The lowest BCUT2D eigenvalue weighted by atomic mass is 10.1. The third kappa shape index (κ3) is 9.63. The SMILES string of the molecule is C=C(C)/C=C(/F)SC(=C)NC(=O)/C(=N/O[C@@H]1CCOC1)c1ccc(S(=O)CCN(C)C)cc1. The van der Waals surface area contributed by atoms with Gasteiger partial charge >= 0.3 is 0 Å². The van der Waals surface area contributed by atoms with Gasteiger partial charge in [-0.2, -0.15) is 4.39 Å². The number of oxime groups is 1. The highest BCUT2D eigenvalue weighted by molar-refractivity contribution is 8.06. The number of benzene rings is 1. The number of thioether (sulfide) groups is 1. The Balaban J connectivity index is 2.16. The van der Waals surface area contributed by atoms with E-state index in [1.807, 2.05) is 19.0 Å². The van der Waals surface area contributed by atoms with Crippen molar-refractivity contribution >= 4 is 34.2 Å². The molecule has 1 amide bonds. The average Bonchev–Trinajstić information content (AvgIpc) is 3.25. The number of carbonyl (C=O) groups is 1. The number of allylic oxidation sites excluding steroid dienone is 2. The number of rotatable bonds is 12. The van der Waals surface area contributed by atoms with Gasteiger partial charge in [0.15, 0.2) is 17.0 Å². The predicted octanol–water partition coefficient (Wildman–Crippen LogP) is 3.57. The zero-order chi connectivity index (χ0) is 24.4. The summed E-state index contributed by atoms with van der Waals surface area (Å²) >= 11 is 0.674. The van der Waals surface area contributed by atoms with Crippen LogP contribution in [0.3, 0.4) is 0 Å². The van der Waals surface area contributed by atoms with Crippen molar-refractivity contribution in [1.82, 2.24) is 10.2 Å². The van der Waals surface area contributed by atoms with Gasteiger partial charge < -0.3 is 19.8 Å². The lowest BCUT2D eigenvalue weighted by molar-refractivity contribution is -0.114. The minimum Gasteiger partial charge on any atom is -0.389 e. The number of halogens is 1. The fourth-order valence-electron chi connectivity index (χ4n) is 2.65. The van der Waals surface area contributed by atoms with E-state index in [1.165, 1.54) is 6.08 Å². The monoisotopic (exact) mass is 495 g/mol. The molecule has 1 aromatic carbocycles. The maximum absolute atomic E-state index is 13.9. The summed E-state index contributed by atoms with van der Waals surface area (Å²) < 4.78 is 31.7. The van der Waals surface area contributed by atoms with E-state index in [4.69, 9.17) is 9.57 Å². The molecule has 0 spiro atoms. The van der Waals surface area contributed by atoms with E-state index >= 15 is 0 Å². The molecule has 1 aromatic rings. The van der Waals surface area contributed by atoms with E-state index in [1.54, 1.807) is 31.2 Å². The number of nitrogens with zero attached hydrogens (tertiary/aromatic N) is 2. The summed E-state index contributed by atoms with van der Waals surface area (Å²) in [6.07, 6.45) is 1.66. The number of ether oxygens (including phenoxy) is 1. The molecule has 1 heterocycles. The summed E-state index contributed by atoms with van der Waals surface area (Å²) in [5.74, 6) is -0.102. The summed E-state index contributed by atoms with van der Waals surface area (Å²) in [6, 6.07) is 6.71. The van der Waals surface area contributed by atoms with Gasteiger partial charge in [-0.3, -0.25) is 9.00 Å². The Kier molecular flexibility index (Phi) is 11.0. The van der Waals surface area contributed by atoms with Gasteiger partial charge in [0.1, 0.15) is 0 Å². The maximum atomic E-state index is 13.9. The molecule has 7 nitrogen and oxygen atoms in total. The van der Waals surface area contributed by atoms with Crippen LogP contribution in [0.25, 0.3) is 0 Å². The van der Waals surface area contributed by atoms with Gasteiger partial charge in [0, 0.05) is 29.2 Å². The van der Waals surface area contributed by atoms with Gasteiger partial charge in [-0.05, 0) is 51.0 Å². The Morgan fingerprint density at radius 2 is 2.09 bits per heavy atom. The third-order valence-electron chi connectivity index (χ3n) is 4.34. The summed E-state index contributed by atoms with van der Waals surface area (Å²) in [5, 5.41) is 6.14. The molecule has 2 atom stereocenters. The molecular weight excluding hydrogens is 465 g/mol. The van der Waals surface area contributed by atoms with E-state index in [0.29, 0.717) is 59.7 Å². The Bertz CT molecular complexity index is 940. The van der Waals surface area contributed by atoms with E-state index < -0.39 is 21.9 Å². The van der Waals surface area contributed by atoms with Gasteiger partial charge in [-0.25, -0.2) is 0 Å². The zero-order valence-corrected chi connectivity index (χ0v) is 20.8. The second-order valence-electron chi connectivity index (χ2n) is 7.68. The number of nitrogens with one attached hydrogen (secondary N) is 1. The molecule has 1 N–H and O–H groups in total. The highest BCUT2D eigenvalue weighted by Gasteiger charge is 2.21. The quantitative estimate of drug-likeness (QED) is 0.271. The van der Waals surface area contributed by atoms with Crippen LogP contribution in [-0.2, 0) is 25.2 Å². The zero-order valence-electron chi connectivity index (χ0n) is 19.1. The molecule has 0 aromatic heterocycles. The molecule has 1 unspecified atom stereocenters. The molecule has 10 heteroatoms. The van der Waals surface area contributed by atoms with Crippen LogP contribution in [0.2, 0.25) is 0 Å². The van der Waals surface area contributed by atoms with E-state index in [0.717, 1.165) is 0 Å². The van der Waals surface area contributed by atoms with Crippen LogP contribution < -0.4 is 5.32 Å². The molecule has 0 saturated carbocycles. The van der Waals surface area contributed by atoms with Crippen LogP contribution in [0.5, 0.6) is 0 Å². The number of carbonyl (C=O) groups excluding carboxylic acids is 1. The van der Waals surface area contributed by atoms with Crippen LogP contribution in [0.15, 0.2) is 69.3 Å². The van der Waals surface area contributed by atoms with Crippen LogP contribution in [0.1, 0.15) is 18.9 Å². The van der Waals surface area contributed by atoms with Crippen molar-refractivity contribution in [2.75, 3.05) is 39.6 Å². The topological polar surface area (TPSA) is 80.2 Å². The molecule has 1 fully saturated rings. The molecule has 1 aliphatic rings.